The predicted octanol–water partition coefficient (Wildman–Crippen LogP) is 6.97. The molecule has 2 N–H and O–H groups in total. The van der Waals surface area contributed by atoms with Gasteiger partial charge in [-0.3, -0.25) is 4.98 Å². The van der Waals surface area contributed by atoms with Gasteiger partial charge in [0.15, 0.2) is 0 Å². The summed E-state index contributed by atoms with van der Waals surface area (Å²) in [5.41, 5.74) is 3.47. The number of pyridine rings is 1. The van der Waals surface area contributed by atoms with Gasteiger partial charge >= 0.3 is 0 Å². The minimum atomic E-state index is 0. The van der Waals surface area contributed by atoms with Crippen molar-refractivity contribution >= 4 is 64.8 Å². The molecule has 7 heteroatoms. The largest absolute Gasteiger partial charge is 0.382 e. The molecule has 0 bridgehead atoms. The van der Waals surface area contributed by atoms with Crippen LogP contribution in [0.3, 0.4) is 0 Å². The molecule has 1 aromatic heterocycles. The number of hydrogen-bond donors (Lipinski definition) is 2. The molecule has 0 saturated heterocycles. The molecule has 2 aromatic carbocycles. The first-order chi connectivity index (χ1) is 13.7. The molecule has 0 unspecified atom stereocenters. The highest BCUT2D eigenvalue weighted by Crippen LogP contribution is 2.28. The van der Waals surface area contributed by atoms with Crippen LogP contribution in [0.2, 0.25) is 5.02 Å². The van der Waals surface area contributed by atoms with E-state index in [-0.39, 0.29) is 24.8 Å². The lowest BCUT2D eigenvalue weighted by molar-refractivity contribution is 0.353. The molecular formula is C23H28Cl3N3S. The molecule has 0 spiro atoms. The van der Waals surface area contributed by atoms with Gasteiger partial charge in [-0.05, 0) is 73.9 Å². The molecule has 1 aliphatic rings. The van der Waals surface area contributed by atoms with Crippen LogP contribution in [0.1, 0.15) is 31.2 Å². The second-order valence-electron chi connectivity index (χ2n) is 7.44. The van der Waals surface area contributed by atoms with E-state index in [0.717, 1.165) is 28.2 Å². The summed E-state index contributed by atoms with van der Waals surface area (Å²) in [4.78, 5) is 5.76. The van der Waals surface area contributed by atoms with Crippen molar-refractivity contribution in [2.45, 2.75) is 49.2 Å². The molecule has 1 saturated carbocycles. The molecule has 0 atom stereocenters. The molecule has 0 radical (unpaired) electrons. The summed E-state index contributed by atoms with van der Waals surface area (Å²) in [5.74, 6) is 0. The maximum atomic E-state index is 6.10. The maximum absolute atomic E-state index is 6.10. The minimum absolute atomic E-state index is 0. The van der Waals surface area contributed by atoms with Gasteiger partial charge in [-0.1, -0.05) is 23.7 Å². The third-order valence-corrected chi connectivity index (χ3v) is 6.52. The Balaban J connectivity index is 0.00000160. The summed E-state index contributed by atoms with van der Waals surface area (Å²) in [5, 5.41) is 9.34. The van der Waals surface area contributed by atoms with Crippen LogP contribution in [-0.2, 0) is 6.54 Å². The quantitative estimate of drug-likeness (QED) is 0.371. The number of halogens is 3. The van der Waals surface area contributed by atoms with E-state index >= 15 is 0 Å². The molecule has 162 valence electrons. The molecule has 3 aromatic rings. The molecule has 3 nitrogen and oxygen atoms in total. The predicted molar refractivity (Wildman–Crippen MR) is 136 cm³/mol. The monoisotopic (exact) mass is 483 g/mol. The van der Waals surface area contributed by atoms with Crippen LogP contribution < -0.4 is 10.6 Å². The SMILES string of the molecule is CSc1ccc(CNC2CCC(Nc3ccnc4cc(Cl)ccc34)CC2)cc1.Cl.Cl. The van der Waals surface area contributed by atoms with E-state index in [1.165, 1.54) is 36.1 Å². The van der Waals surface area contributed by atoms with Crippen molar-refractivity contribution in [3.63, 3.8) is 0 Å². The third-order valence-electron chi connectivity index (χ3n) is 5.55. The normalized spacial score (nSPS) is 18.3. The highest BCUT2D eigenvalue weighted by Gasteiger charge is 2.21. The van der Waals surface area contributed by atoms with Crippen molar-refractivity contribution in [2.75, 3.05) is 11.6 Å². The van der Waals surface area contributed by atoms with Gasteiger partial charge in [0.1, 0.15) is 0 Å². The number of thioether (sulfide) groups is 1. The lowest BCUT2D eigenvalue weighted by atomic mass is 9.90. The van der Waals surface area contributed by atoms with Crippen LogP contribution in [0.4, 0.5) is 5.69 Å². The second kappa shape index (κ2) is 12.0. The van der Waals surface area contributed by atoms with Crippen molar-refractivity contribution in [2.24, 2.45) is 0 Å². The average molecular weight is 485 g/mol. The van der Waals surface area contributed by atoms with Gasteiger partial charge in [-0.2, -0.15) is 0 Å². The van der Waals surface area contributed by atoms with Gasteiger partial charge in [0.25, 0.3) is 0 Å². The Morgan fingerprint density at radius 3 is 2.37 bits per heavy atom. The van der Waals surface area contributed by atoms with Crippen molar-refractivity contribution < 1.29 is 0 Å². The summed E-state index contributed by atoms with van der Waals surface area (Å²) in [6.45, 7) is 0.952. The summed E-state index contributed by atoms with van der Waals surface area (Å²) in [7, 11) is 0. The Morgan fingerprint density at radius 2 is 1.67 bits per heavy atom. The van der Waals surface area contributed by atoms with E-state index in [1.54, 1.807) is 11.8 Å². The first kappa shape index (κ1) is 25.1. The van der Waals surface area contributed by atoms with Gasteiger partial charge in [0.05, 0.1) is 5.52 Å². The van der Waals surface area contributed by atoms with Crippen molar-refractivity contribution in [3.05, 3.63) is 65.3 Å². The fourth-order valence-electron chi connectivity index (χ4n) is 3.91. The third kappa shape index (κ3) is 6.41. The fourth-order valence-corrected chi connectivity index (χ4v) is 4.49. The standard InChI is InChI=1S/C23H26ClN3S.2ClH/c1-28-20-9-2-16(3-10-20)15-26-18-5-7-19(8-6-18)27-22-12-13-25-23-14-17(24)4-11-21(22)23;;/h2-4,9-14,18-19,26H,5-8,15H2,1H3,(H,25,27);2*1H. The summed E-state index contributed by atoms with van der Waals surface area (Å²) < 4.78 is 0. The van der Waals surface area contributed by atoms with Crippen LogP contribution in [0, 0.1) is 0 Å². The number of aromatic nitrogens is 1. The topological polar surface area (TPSA) is 37.0 Å². The number of nitrogens with one attached hydrogen (secondary N) is 2. The zero-order valence-corrected chi connectivity index (χ0v) is 20.1. The second-order valence-corrected chi connectivity index (χ2v) is 8.76. The Labute approximate surface area is 200 Å². The van der Waals surface area contributed by atoms with Gasteiger partial charge in [-0.15, -0.1) is 36.6 Å². The zero-order valence-electron chi connectivity index (χ0n) is 16.9. The molecule has 30 heavy (non-hydrogen) atoms. The Kier molecular flexibility index (Phi) is 10.1. The Bertz CT molecular complexity index is 929. The number of nitrogens with zero attached hydrogens (tertiary/aromatic N) is 1. The van der Waals surface area contributed by atoms with E-state index in [1.807, 2.05) is 18.3 Å². The smallest absolute Gasteiger partial charge is 0.0737 e. The van der Waals surface area contributed by atoms with Gasteiger partial charge in [0, 0.05) is 45.8 Å². The van der Waals surface area contributed by atoms with Crippen molar-refractivity contribution in [1.82, 2.24) is 10.3 Å². The van der Waals surface area contributed by atoms with E-state index in [0.29, 0.717) is 12.1 Å². The number of fused-ring (bicyclic) bond motifs is 1. The highest BCUT2D eigenvalue weighted by atomic mass is 35.5. The fraction of sp³-hybridized carbons (Fsp3) is 0.348. The maximum Gasteiger partial charge on any atom is 0.0737 e. The average Bonchev–Trinajstić information content (AvgIpc) is 2.73. The molecular weight excluding hydrogens is 457 g/mol. The Morgan fingerprint density at radius 1 is 0.967 bits per heavy atom. The van der Waals surface area contributed by atoms with Crippen molar-refractivity contribution in [1.29, 1.82) is 0 Å². The van der Waals surface area contributed by atoms with Crippen LogP contribution in [0.25, 0.3) is 10.9 Å². The van der Waals surface area contributed by atoms with E-state index in [9.17, 15) is 0 Å². The lowest BCUT2D eigenvalue weighted by Crippen LogP contribution is -2.36. The number of hydrogen-bond acceptors (Lipinski definition) is 4. The minimum Gasteiger partial charge on any atom is -0.382 e. The van der Waals surface area contributed by atoms with Crippen molar-refractivity contribution in [3.8, 4) is 0 Å². The van der Waals surface area contributed by atoms with Crippen LogP contribution >= 0.6 is 48.2 Å². The summed E-state index contributed by atoms with van der Waals surface area (Å²) in [6.07, 6.45) is 8.74. The molecule has 0 amide bonds. The lowest BCUT2D eigenvalue weighted by Gasteiger charge is -2.30. The summed E-state index contributed by atoms with van der Waals surface area (Å²) in [6, 6.07) is 18.0. The van der Waals surface area contributed by atoms with Gasteiger partial charge in [0.2, 0.25) is 0 Å². The number of benzene rings is 2. The van der Waals surface area contributed by atoms with Crippen LogP contribution in [0.15, 0.2) is 59.6 Å². The molecule has 1 fully saturated rings. The molecule has 0 aliphatic heterocycles. The van der Waals surface area contributed by atoms with E-state index in [4.69, 9.17) is 11.6 Å². The van der Waals surface area contributed by atoms with Crippen LogP contribution in [-0.4, -0.2) is 23.3 Å². The van der Waals surface area contributed by atoms with Crippen LogP contribution in [0.5, 0.6) is 0 Å². The zero-order chi connectivity index (χ0) is 19.3. The van der Waals surface area contributed by atoms with Gasteiger partial charge in [-0.25, -0.2) is 0 Å². The Hall–Kier alpha value is -1.17. The summed E-state index contributed by atoms with van der Waals surface area (Å²) >= 11 is 7.89. The first-order valence-corrected chi connectivity index (χ1v) is 11.5. The number of rotatable bonds is 6. The van der Waals surface area contributed by atoms with E-state index in [2.05, 4.69) is 58.3 Å². The number of anilines is 1. The molecule has 1 heterocycles. The highest BCUT2D eigenvalue weighted by molar-refractivity contribution is 7.98. The first-order valence-electron chi connectivity index (χ1n) is 9.88. The van der Waals surface area contributed by atoms with Gasteiger partial charge < -0.3 is 10.6 Å². The van der Waals surface area contributed by atoms with E-state index < -0.39 is 0 Å². The molecule has 4 rings (SSSR count). The molecule has 1 aliphatic carbocycles.